The van der Waals surface area contributed by atoms with Gasteiger partial charge in [-0.25, -0.2) is 4.79 Å². The molecule has 11 nitrogen and oxygen atoms in total. The van der Waals surface area contributed by atoms with Gasteiger partial charge in [0.2, 0.25) is 5.79 Å². The Balaban J connectivity index is 1.30. The van der Waals surface area contributed by atoms with Crippen molar-refractivity contribution in [2.24, 2.45) is 22.9 Å². The number of oxime groups is 1. The van der Waals surface area contributed by atoms with E-state index in [1.165, 1.54) is 44.9 Å². The van der Waals surface area contributed by atoms with Crippen molar-refractivity contribution >= 4 is 22.6 Å². The lowest BCUT2D eigenvalue weighted by atomic mass is 9.55. The number of aliphatic hydroxyl groups excluding tert-OH is 2. The fraction of sp³-hybridized carbons (Fsp3) is 0.607. The summed E-state index contributed by atoms with van der Waals surface area (Å²) in [6.07, 6.45) is 20.7. The van der Waals surface area contributed by atoms with Crippen LogP contribution < -0.4 is 9.47 Å². The molecule has 0 radical (unpaired) electrons. The Kier molecular flexibility index (Phi) is 19.4. The van der Waals surface area contributed by atoms with Gasteiger partial charge in [-0.05, 0) is 84.0 Å². The van der Waals surface area contributed by atoms with Gasteiger partial charge in [-0.2, -0.15) is 0 Å². The molecule has 3 aromatic carbocycles. The van der Waals surface area contributed by atoms with Gasteiger partial charge in [0.15, 0.2) is 0 Å². The number of nitrogens with zero attached hydrogens (tertiary/aromatic N) is 3. The summed E-state index contributed by atoms with van der Waals surface area (Å²) < 4.78 is 27.5. The highest BCUT2D eigenvalue weighted by atomic mass is 16.7. The molecule has 2 N–H and O–H groups in total. The summed E-state index contributed by atoms with van der Waals surface area (Å²) in [5.74, 6) is -0.221. The number of fused-ring (bicyclic) bond motifs is 3. The van der Waals surface area contributed by atoms with E-state index in [4.69, 9.17) is 28.9 Å². The fourth-order valence-corrected chi connectivity index (χ4v) is 11.2. The molecule has 366 valence electrons. The van der Waals surface area contributed by atoms with Gasteiger partial charge in [0, 0.05) is 50.8 Å². The maximum Gasteiger partial charge on any atom is 0.410 e. The van der Waals surface area contributed by atoms with E-state index >= 15 is 4.79 Å². The van der Waals surface area contributed by atoms with Gasteiger partial charge in [-0.3, -0.25) is 9.80 Å². The average Bonchev–Trinajstić information content (AvgIpc) is 4.18. The SMILES string of the molecule is C=CCO[C@@]12Oc3ccc(OCCN4CC4)cc3[C@H]3[C@H](CCCCO)[C@@H](CCCCO)C=C(C(=NOC)C[C@@H]1N(Cc1cccc4ccccc14)C(=O)OCCCCCCCCCCCC)[C@H]32. The topological polar surface area (TPSA) is 122 Å². The summed E-state index contributed by atoms with van der Waals surface area (Å²) in [4.78, 5) is 25.1. The van der Waals surface area contributed by atoms with Gasteiger partial charge in [0.25, 0.3) is 0 Å². The van der Waals surface area contributed by atoms with Crippen molar-refractivity contribution in [2.45, 2.75) is 140 Å². The maximum atomic E-state index is 15.1. The second-order valence-corrected chi connectivity index (χ2v) is 19.2. The molecule has 1 saturated carbocycles. The van der Waals surface area contributed by atoms with Crippen LogP contribution in [0.5, 0.6) is 11.5 Å². The highest BCUT2D eigenvalue weighted by Gasteiger charge is 2.65. The standard InChI is InChI=1S/C56H79N3O8/c1-4-6-7-8-9-10-11-12-13-20-36-65-55(62)59(41-44-25-21-24-42-22-14-15-26-46(42)44)52-40-50(57-63-3)48-38-43(23-16-18-33-60)47(27-17-19-34-61)53-49-39-45(64-37-32-58-30-31-58)28-29-51(49)67-56(52,54(48)53)66-35-5-2/h5,14-15,21-22,24-26,28-29,38-39,43,47,52-54,60-61H,2,4,6-13,16-20,23,27,30-37,40-41H2,1,3H3/t43-,47+,52-,53+,54+,56+/m0/s1. The Morgan fingerprint density at radius 1 is 0.896 bits per heavy atom. The molecule has 1 saturated heterocycles. The minimum absolute atomic E-state index is 0.110. The first-order valence-corrected chi connectivity index (χ1v) is 25.8. The van der Waals surface area contributed by atoms with Gasteiger partial charge < -0.3 is 34.0 Å². The lowest BCUT2D eigenvalue weighted by Crippen LogP contribution is -2.70. The second-order valence-electron chi connectivity index (χ2n) is 19.2. The van der Waals surface area contributed by atoms with Crippen LogP contribution >= 0.6 is 0 Å². The zero-order chi connectivity index (χ0) is 46.9. The molecule has 6 atom stereocenters. The van der Waals surface area contributed by atoms with Gasteiger partial charge >= 0.3 is 6.09 Å². The number of hydrogen-bond acceptors (Lipinski definition) is 10. The van der Waals surface area contributed by atoms with E-state index in [0.717, 1.165) is 104 Å². The van der Waals surface area contributed by atoms with Crippen LogP contribution in [0.25, 0.3) is 10.8 Å². The zero-order valence-corrected chi connectivity index (χ0v) is 40.6. The minimum atomic E-state index is -1.39. The molecular weight excluding hydrogens is 843 g/mol. The summed E-state index contributed by atoms with van der Waals surface area (Å²) in [6.45, 7) is 11.1. The van der Waals surface area contributed by atoms with Gasteiger partial charge in [0.1, 0.15) is 31.3 Å². The molecular formula is C56H79N3O8. The average molecular weight is 922 g/mol. The molecule has 3 aromatic rings. The van der Waals surface area contributed by atoms with E-state index in [0.29, 0.717) is 38.2 Å². The smallest absolute Gasteiger partial charge is 0.410 e. The molecule has 11 heteroatoms. The van der Waals surface area contributed by atoms with Gasteiger partial charge in [-0.15, -0.1) is 6.58 Å². The number of unbranched alkanes of at least 4 members (excludes halogenated alkanes) is 11. The van der Waals surface area contributed by atoms with Crippen LogP contribution in [0.2, 0.25) is 0 Å². The molecule has 2 fully saturated rings. The third-order valence-corrected chi connectivity index (χ3v) is 14.6. The number of rotatable bonds is 30. The number of aliphatic hydroxyl groups is 2. The van der Waals surface area contributed by atoms with E-state index in [9.17, 15) is 10.2 Å². The van der Waals surface area contributed by atoms with Crippen LogP contribution in [0.15, 0.2) is 90.1 Å². The third-order valence-electron chi connectivity index (χ3n) is 14.6. The molecule has 0 aromatic heterocycles. The number of hydrogen-bond donors (Lipinski definition) is 2. The van der Waals surface area contributed by atoms with Crippen molar-refractivity contribution in [3.63, 3.8) is 0 Å². The number of ether oxygens (including phenoxy) is 4. The molecule has 67 heavy (non-hydrogen) atoms. The van der Waals surface area contributed by atoms with Crippen molar-refractivity contribution in [1.82, 2.24) is 9.80 Å². The van der Waals surface area contributed by atoms with Crippen molar-refractivity contribution < 1.29 is 38.8 Å². The quantitative estimate of drug-likeness (QED) is 0.0291. The number of carbonyl (C=O) groups excluding carboxylic acids is 1. The van der Waals surface area contributed by atoms with E-state index in [1.54, 1.807) is 13.2 Å². The predicted molar refractivity (Wildman–Crippen MR) is 267 cm³/mol. The van der Waals surface area contributed by atoms with Crippen LogP contribution in [-0.4, -0.2) is 103 Å². The van der Waals surface area contributed by atoms with E-state index < -0.39 is 23.8 Å². The Hall–Kier alpha value is -4.42. The third kappa shape index (κ3) is 12.8. The van der Waals surface area contributed by atoms with Crippen LogP contribution in [0.3, 0.4) is 0 Å². The van der Waals surface area contributed by atoms with E-state index in [-0.39, 0.29) is 44.1 Å². The highest BCUT2D eigenvalue weighted by molar-refractivity contribution is 6.03. The van der Waals surface area contributed by atoms with Crippen LogP contribution in [-0.2, 0) is 20.9 Å². The summed E-state index contributed by atoms with van der Waals surface area (Å²) >= 11 is 0. The van der Waals surface area contributed by atoms with Crippen molar-refractivity contribution in [3.05, 3.63) is 96.1 Å². The van der Waals surface area contributed by atoms with Crippen LogP contribution in [0.1, 0.15) is 133 Å². The molecule has 2 heterocycles. The van der Waals surface area contributed by atoms with E-state index in [1.807, 2.05) is 29.2 Å². The Bertz CT molecular complexity index is 2080. The molecule has 7 rings (SSSR count). The number of allylic oxidation sites excluding steroid dienone is 1. The predicted octanol–water partition coefficient (Wildman–Crippen LogP) is 11.4. The van der Waals surface area contributed by atoms with E-state index in [2.05, 4.69) is 60.9 Å². The van der Waals surface area contributed by atoms with Crippen LogP contribution in [0, 0.1) is 17.8 Å². The molecule has 2 aliphatic carbocycles. The summed E-state index contributed by atoms with van der Waals surface area (Å²) in [7, 11) is 1.58. The molecule has 2 aliphatic heterocycles. The number of amides is 1. The maximum absolute atomic E-state index is 15.1. The van der Waals surface area contributed by atoms with Gasteiger partial charge in [-0.1, -0.05) is 137 Å². The Morgan fingerprint density at radius 3 is 2.36 bits per heavy atom. The molecule has 0 spiro atoms. The lowest BCUT2D eigenvalue weighted by molar-refractivity contribution is -0.256. The first kappa shape index (κ1) is 50.5. The van der Waals surface area contributed by atoms with Crippen molar-refractivity contribution in [1.29, 1.82) is 0 Å². The first-order chi connectivity index (χ1) is 33.0. The summed E-state index contributed by atoms with van der Waals surface area (Å²) in [6, 6.07) is 20.0. The summed E-state index contributed by atoms with van der Waals surface area (Å²) in [5.41, 5.74) is 3.79. The largest absolute Gasteiger partial charge is 0.492 e. The Labute approximate surface area is 400 Å². The molecule has 4 aliphatic rings. The fourth-order valence-electron chi connectivity index (χ4n) is 11.2. The lowest BCUT2D eigenvalue weighted by Gasteiger charge is -2.59. The monoisotopic (exact) mass is 922 g/mol. The number of carbonyl (C=O) groups is 1. The molecule has 1 amide bonds. The number of benzene rings is 3. The molecule has 0 unspecified atom stereocenters. The Morgan fingerprint density at radius 2 is 1.63 bits per heavy atom. The second kappa shape index (κ2) is 25.8. The normalized spacial score (nSPS) is 23.5. The molecule has 0 bridgehead atoms. The summed E-state index contributed by atoms with van der Waals surface area (Å²) in [5, 5.41) is 26.9. The highest BCUT2D eigenvalue weighted by Crippen LogP contribution is 2.62. The van der Waals surface area contributed by atoms with Crippen LogP contribution in [0.4, 0.5) is 4.79 Å². The minimum Gasteiger partial charge on any atom is -0.492 e. The van der Waals surface area contributed by atoms with Crippen molar-refractivity contribution in [2.75, 3.05) is 59.8 Å². The van der Waals surface area contributed by atoms with Gasteiger partial charge in [0.05, 0.1) is 31.4 Å². The zero-order valence-electron chi connectivity index (χ0n) is 40.6. The van der Waals surface area contributed by atoms with Crippen molar-refractivity contribution in [3.8, 4) is 11.5 Å². The first-order valence-electron chi connectivity index (χ1n) is 25.8.